The highest BCUT2D eigenvalue weighted by Crippen LogP contribution is 2.36. The highest BCUT2D eigenvalue weighted by Gasteiger charge is 2.44. The lowest BCUT2D eigenvalue weighted by Gasteiger charge is -2.26. The largest absolute Gasteiger partial charge is 0.461 e. The topological polar surface area (TPSA) is 78.9 Å². The van der Waals surface area contributed by atoms with Crippen LogP contribution in [0.2, 0.25) is 0 Å². The molecule has 2 fully saturated rings. The number of allylic oxidation sites excluding steroid dienone is 5. The van der Waals surface area contributed by atoms with Crippen molar-refractivity contribution in [1.29, 1.82) is 0 Å². The van der Waals surface area contributed by atoms with Crippen LogP contribution in [0.1, 0.15) is 79.6 Å². The number of carbonyl (C=O) groups excluding carboxylic acids is 3. The highest BCUT2D eigenvalue weighted by molar-refractivity contribution is 5.91. The normalized spacial score (nSPS) is 35.6. The molecule has 0 radical (unpaired) electrons. The second kappa shape index (κ2) is 13.1. The van der Waals surface area contributed by atoms with Gasteiger partial charge in [0.2, 0.25) is 0 Å². The molecule has 4 rings (SSSR count). The monoisotopic (exact) mass is 522 g/mol. The summed E-state index contributed by atoms with van der Waals surface area (Å²) < 4.78 is 16.2. The fourth-order valence-corrected chi connectivity index (χ4v) is 5.46. The molecule has 5 atom stereocenters. The first-order valence-corrected chi connectivity index (χ1v) is 13.6. The Morgan fingerprint density at radius 2 is 1.37 bits per heavy atom. The van der Waals surface area contributed by atoms with Crippen LogP contribution < -0.4 is 0 Å². The van der Waals surface area contributed by atoms with Gasteiger partial charge in [0, 0.05) is 30.4 Å². The molecule has 2 aliphatic carbocycles. The SMILES string of the molecule is C=C1C(=O)O[C@@H]2/C=C(\C)CC/C=C(\C)CCC12.C=C1C(=O)O[C@@H]2/C=C(\C)CC/C=C(\C)C[C@@H](OC(C)=O)C12. The van der Waals surface area contributed by atoms with Gasteiger partial charge in [-0.1, -0.05) is 47.6 Å². The predicted molar refractivity (Wildman–Crippen MR) is 148 cm³/mol. The quantitative estimate of drug-likeness (QED) is 0.166. The van der Waals surface area contributed by atoms with Crippen molar-refractivity contribution in [2.75, 3.05) is 0 Å². The van der Waals surface area contributed by atoms with Gasteiger partial charge in [0.1, 0.15) is 18.3 Å². The van der Waals surface area contributed by atoms with Crippen molar-refractivity contribution in [3.05, 3.63) is 70.9 Å². The Bertz CT molecular complexity index is 1100. The minimum Gasteiger partial charge on any atom is -0.461 e. The van der Waals surface area contributed by atoms with Gasteiger partial charge in [0.25, 0.3) is 0 Å². The average Bonchev–Trinajstić information content (AvgIpc) is 3.25. The molecule has 6 heteroatoms. The van der Waals surface area contributed by atoms with Crippen LogP contribution in [-0.2, 0) is 28.6 Å². The molecular formula is C32H42O6. The minimum absolute atomic E-state index is 0.0825. The minimum atomic E-state index is -0.412. The Labute approximate surface area is 227 Å². The first-order chi connectivity index (χ1) is 18.0. The van der Waals surface area contributed by atoms with Gasteiger partial charge in [-0.05, 0) is 78.4 Å². The molecule has 0 aromatic carbocycles. The maximum atomic E-state index is 11.9. The lowest BCUT2D eigenvalue weighted by molar-refractivity contribution is -0.149. The summed E-state index contributed by atoms with van der Waals surface area (Å²) in [4.78, 5) is 34.8. The molecule has 206 valence electrons. The molecule has 0 N–H and O–H groups in total. The van der Waals surface area contributed by atoms with Crippen LogP contribution in [0.25, 0.3) is 0 Å². The molecule has 2 heterocycles. The first kappa shape index (κ1) is 29.4. The molecule has 0 spiro atoms. The van der Waals surface area contributed by atoms with Crippen molar-refractivity contribution in [1.82, 2.24) is 0 Å². The Hall–Kier alpha value is -3.15. The Balaban J connectivity index is 0.000000215. The molecular weight excluding hydrogens is 480 g/mol. The van der Waals surface area contributed by atoms with Crippen LogP contribution in [0.4, 0.5) is 0 Å². The third kappa shape index (κ3) is 7.68. The van der Waals surface area contributed by atoms with E-state index in [0.717, 1.165) is 44.1 Å². The van der Waals surface area contributed by atoms with Crippen LogP contribution in [0.15, 0.2) is 70.9 Å². The van der Waals surface area contributed by atoms with E-state index in [2.05, 4.69) is 45.2 Å². The van der Waals surface area contributed by atoms with Crippen molar-refractivity contribution < 1.29 is 28.6 Å². The maximum absolute atomic E-state index is 11.9. The van der Waals surface area contributed by atoms with Gasteiger partial charge in [-0.2, -0.15) is 0 Å². The third-order valence-corrected chi connectivity index (χ3v) is 7.66. The zero-order chi connectivity index (χ0) is 28.0. The van der Waals surface area contributed by atoms with Gasteiger partial charge >= 0.3 is 17.9 Å². The van der Waals surface area contributed by atoms with Crippen molar-refractivity contribution in [3.8, 4) is 0 Å². The number of ether oxygens (including phenoxy) is 3. The van der Waals surface area contributed by atoms with Gasteiger partial charge in [0.15, 0.2) is 0 Å². The molecule has 2 unspecified atom stereocenters. The summed E-state index contributed by atoms with van der Waals surface area (Å²) in [6, 6.07) is 0. The van der Waals surface area contributed by atoms with E-state index < -0.39 is 12.1 Å². The fraction of sp³-hybridized carbons (Fsp3) is 0.531. The number of rotatable bonds is 1. The molecule has 6 nitrogen and oxygen atoms in total. The van der Waals surface area contributed by atoms with Crippen molar-refractivity contribution in [2.45, 2.75) is 97.9 Å². The van der Waals surface area contributed by atoms with E-state index in [1.54, 1.807) is 0 Å². The fourth-order valence-electron chi connectivity index (χ4n) is 5.46. The van der Waals surface area contributed by atoms with E-state index in [9.17, 15) is 14.4 Å². The average molecular weight is 523 g/mol. The lowest BCUT2D eigenvalue weighted by atomic mass is 9.85. The standard InChI is InChI=1S/C17H22O4.C15H20O2/c1-10-6-5-7-11(2)9-15-16(12(3)17(19)21-15)14(8-10)20-13(4)18;1-10-5-4-6-11(2)9-14-13(8-7-10)12(3)15(16)17-14/h6,9,14-16H,3,5,7-8H2,1-2,4H3;5,9,13-14H,3-4,6-8H2,1-2H3/b10-6+,11-9+;10-5+,11-9+/t14-,15-,16?;13?,14-/m11/s1. The lowest BCUT2D eigenvalue weighted by Crippen LogP contribution is -2.32. The van der Waals surface area contributed by atoms with Crippen molar-refractivity contribution in [3.63, 3.8) is 0 Å². The zero-order valence-electron chi connectivity index (χ0n) is 23.5. The van der Waals surface area contributed by atoms with Crippen molar-refractivity contribution in [2.24, 2.45) is 11.8 Å². The summed E-state index contributed by atoms with van der Waals surface area (Å²) in [7, 11) is 0. The smallest absolute Gasteiger partial charge is 0.334 e. The summed E-state index contributed by atoms with van der Waals surface area (Å²) in [6.07, 6.45) is 14.2. The molecule has 0 aromatic heterocycles. The summed E-state index contributed by atoms with van der Waals surface area (Å²) >= 11 is 0. The second-order valence-electron chi connectivity index (χ2n) is 11.0. The van der Waals surface area contributed by atoms with E-state index in [0.29, 0.717) is 17.6 Å². The summed E-state index contributed by atoms with van der Waals surface area (Å²) in [5.74, 6) is -1.11. The molecule has 0 aromatic rings. The van der Waals surface area contributed by atoms with Gasteiger partial charge in [0.05, 0.1) is 5.92 Å². The van der Waals surface area contributed by atoms with E-state index in [1.807, 2.05) is 19.9 Å². The number of hydrogen-bond acceptors (Lipinski definition) is 6. The molecule has 2 saturated heterocycles. The Morgan fingerprint density at radius 3 is 2.00 bits per heavy atom. The van der Waals surface area contributed by atoms with Gasteiger partial charge in [-0.15, -0.1) is 0 Å². The molecule has 0 bridgehead atoms. The van der Waals surface area contributed by atoms with Crippen LogP contribution in [0.5, 0.6) is 0 Å². The molecule has 2 aliphatic heterocycles. The second-order valence-corrected chi connectivity index (χ2v) is 11.0. The van der Waals surface area contributed by atoms with Crippen LogP contribution in [-0.4, -0.2) is 36.2 Å². The number of carbonyl (C=O) groups is 3. The highest BCUT2D eigenvalue weighted by atomic mass is 16.6. The van der Waals surface area contributed by atoms with Crippen LogP contribution in [0.3, 0.4) is 0 Å². The van der Waals surface area contributed by atoms with E-state index in [1.165, 1.54) is 23.6 Å². The molecule has 38 heavy (non-hydrogen) atoms. The molecule has 4 aliphatic rings. The number of fused-ring (bicyclic) bond motifs is 2. The zero-order valence-corrected chi connectivity index (χ0v) is 23.5. The van der Waals surface area contributed by atoms with Gasteiger partial charge < -0.3 is 14.2 Å². The van der Waals surface area contributed by atoms with Crippen LogP contribution >= 0.6 is 0 Å². The van der Waals surface area contributed by atoms with Gasteiger partial charge in [-0.3, -0.25) is 4.79 Å². The Kier molecular flexibility index (Phi) is 10.1. The summed E-state index contributed by atoms with van der Waals surface area (Å²) in [5, 5.41) is 0. The van der Waals surface area contributed by atoms with Crippen molar-refractivity contribution >= 4 is 17.9 Å². The number of hydrogen-bond donors (Lipinski definition) is 0. The maximum Gasteiger partial charge on any atom is 0.334 e. The predicted octanol–water partition coefficient (Wildman–Crippen LogP) is 6.64. The van der Waals surface area contributed by atoms with Crippen LogP contribution in [0, 0.1) is 11.8 Å². The summed E-state index contributed by atoms with van der Waals surface area (Å²) in [6.45, 7) is 17.4. The van der Waals surface area contributed by atoms with E-state index in [-0.39, 0.29) is 36.0 Å². The Morgan fingerprint density at radius 1 is 0.816 bits per heavy atom. The molecule has 0 amide bonds. The third-order valence-electron chi connectivity index (χ3n) is 7.66. The van der Waals surface area contributed by atoms with E-state index in [4.69, 9.17) is 14.2 Å². The number of esters is 3. The molecule has 0 saturated carbocycles. The summed E-state index contributed by atoms with van der Waals surface area (Å²) in [5.41, 5.74) is 6.07. The van der Waals surface area contributed by atoms with E-state index >= 15 is 0 Å². The first-order valence-electron chi connectivity index (χ1n) is 13.6. The van der Waals surface area contributed by atoms with Gasteiger partial charge in [-0.25, -0.2) is 9.59 Å².